The largest absolute Gasteiger partial charge is 0.330 e. The Kier molecular flexibility index (Phi) is 4.35. The van der Waals surface area contributed by atoms with Gasteiger partial charge in [0.2, 0.25) is 0 Å². The zero-order valence-corrected chi connectivity index (χ0v) is 7.95. The fourth-order valence-corrected chi connectivity index (χ4v) is 0.964. The number of aromatic nitrogens is 2. The first-order valence-electron chi connectivity index (χ1n) is 4.53. The highest BCUT2D eigenvalue weighted by molar-refractivity contribution is 5.04. The van der Waals surface area contributed by atoms with Crippen LogP contribution >= 0.6 is 0 Å². The summed E-state index contributed by atoms with van der Waals surface area (Å²) in [4.78, 5) is 0. The maximum absolute atomic E-state index is 5.36. The molecule has 4 heteroatoms. The highest BCUT2D eigenvalue weighted by atomic mass is 15.1. The van der Waals surface area contributed by atoms with Gasteiger partial charge in [-0.3, -0.25) is 0 Å². The second-order valence-corrected chi connectivity index (χ2v) is 2.99. The molecule has 0 unspecified atom stereocenters. The third-order valence-corrected chi connectivity index (χ3v) is 1.72. The minimum absolute atomic E-state index is 0.729. The maximum Gasteiger partial charge on any atom is 0.0769 e. The molecule has 13 heavy (non-hydrogen) atoms. The Morgan fingerprint density at radius 3 is 2.85 bits per heavy atom. The molecule has 0 radical (unpaired) electrons. The molecule has 0 bridgehead atoms. The number of aryl methyl sites for hydroxylation is 1. The van der Waals surface area contributed by atoms with Crippen LogP contribution in [-0.2, 0) is 6.54 Å². The predicted molar refractivity (Wildman–Crippen MR) is 52.1 cm³/mol. The van der Waals surface area contributed by atoms with Gasteiger partial charge in [-0.25, -0.2) is 0 Å². The minimum Gasteiger partial charge on any atom is -0.330 e. The van der Waals surface area contributed by atoms with E-state index in [1.807, 2.05) is 19.1 Å². The van der Waals surface area contributed by atoms with Crippen molar-refractivity contribution in [2.24, 2.45) is 5.73 Å². The van der Waals surface area contributed by atoms with Crippen LogP contribution < -0.4 is 11.1 Å². The number of nitrogens with zero attached hydrogens (tertiary/aromatic N) is 2. The highest BCUT2D eigenvalue weighted by Gasteiger charge is 1.93. The van der Waals surface area contributed by atoms with E-state index in [0.29, 0.717) is 0 Å². The van der Waals surface area contributed by atoms with Gasteiger partial charge in [0.15, 0.2) is 0 Å². The van der Waals surface area contributed by atoms with E-state index in [9.17, 15) is 0 Å². The molecule has 1 aromatic rings. The van der Waals surface area contributed by atoms with Crippen LogP contribution in [0.15, 0.2) is 12.1 Å². The third kappa shape index (κ3) is 3.96. The topological polar surface area (TPSA) is 63.8 Å². The van der Waals surface area contributed by atoms with Crippen LogP contribution in [0, 0.1) is 6.92 Å². The first-order valence-corrected chi connectivity index (χ1v) is 4.53. The Balaban J connectivity index is 2.25. The molecular weight excluding hydrogens is 164 g/mol. The van der Waals surface area contributed by atoms with Crippen LogP contribution in [0.4, 0.5) is 0 Å². The predicted octanol–water partition coefficient (Wildman–Crippen LogP) is 0.223. The van der Waals surface area contributed by atoms with Gasteiger partial charge < -0.3 is 11.1 Å². The van der Waals surface area contributed by atoms with Crippen molar-refractivity contribution in [1.82, 2.24) is 15.5 Å². The second-order valence-electron chi connectivity index (χ2n) is 2.99. The molecule has 0 aliphatic rings. The maximum atomic E-state index is 5.36. The lowest BCUT2D eigenvalue weighted by molar-refractivity contribution is 0.639. The standard InChI is InChI=1S/C9H16N4/c1-8-3-4-9(13-12-8)7-11-6-2-5-10/h3-4,11H,2,5-7,10H2,1H3. The van der Waals surface area contributed by atoms with Crippen molar-refractivity contribution in [3.05, 3.63) is 23.5 Å². The summed E-state index contributed by atoms with van der Waals surface area (Å²) in [6.07, 6.45) is 0.999. The number of rotatable bonds is 5. The summed E-state index contributed by atoms with van der Waals surface area (Å²) in [6, 6.07) is 3.95. The summed E-state index contributed by atoms with van der Waals surface area (Å²) in [6.45, 7) is 4.37. The molecule has 1 heterocycles. The molecule has 1 aromatic heterocycles. The van der Waals surface area contributed by atoms with Gasteiger partial charge in [0.25, 0.3) is 0 Å². The molecule has 0 saturated heterocycles. The van der Waals surface area contributed by atoms with E-state index in [-0.39, 0.29) is 0 Å². The monoisotopic (exact) mass is 180 g/mol. The zero-order valence-electron chi connectivity index (χ0n) is 7.95. The van der Waals surface area contributed by atoms with Crippen molar-refractivity contribution in [1.29, 1.82) is 0 Å². The Morgan fingerprint density at radius 2 is 2.23 bits per heavy atom. The van der Waals surface area contributed by atoms with Crippen LogP contribution in [0.1, 0.15) is 17.8 Å². The van der Waals surface area contributed by atoms with Gasteiger partial charge in [-0.05, 0) is 38.6 Å². The van der Waals surface area contributed by atoms with Crippen LogP contribution in [0.25, 0.3) is 0 Å². The number of hydrogen-bond acceptors (Lipinski definition) is 4. The average molecular weight is 180 g/mol. The summed E-state index contributed by atoms with van der Waals surface area (Å²) < 4.78 is 0. The van der Waals surface area contributed by atoms with Crippen molar-refractivity contribution in [2.45, 2.75) is 19.9 Å². The molecule has 0 fully saturated rings. The molecule has 0 aromatic carbocycles. The van der Waals surface area contributed by atoms with E-state index >= 15 is 0 Å². The Bertz CT molecular complexity index is 232. The van der Waals surface area contributed by atoms with E-state index in [0.717, 1.165) is 37.4 Å². The molecule has 0 amide bonds. The van der Waals surface area contributed by atoms with Crippen molar-refractivity contribution in [3.8, 4) is 0 Å². The first-order chi connectivity index (χ1) is 6.33. The number of nitrogens with one attached hydrogen (secondary N) is 1. The van der Waals surface area contributed by atoms with Crippen LogP contribution in [0.2, 0.25) is 0 Å². The normalized spacial score (nSPS) is 10.3. The van der Waals surface area contributed by atoms with Gasteiger partial charge in [0.05, 0.1) is 11.4 Å². The quantitative estimate of drug-likeness (QED) is 0.636. The van der Waals surface area contributed by atoms with Gasteiger partial charge in [-0.15, -0.1) is 0 Å². The third-order valence-electron chi connectivity index (χ3n) is 1.72. The summed E-state index contributed by atoms with van der Waals surface area (Å²) in [5.41, 5.74) is 7.28. The molecule has 0 aliphatic carbocycles. The molecular formula is C9H16N4. The van der Waals surface area contributed by atoms with Crippen LogP contribution in [0.3, 0.4) is 0 Å². The van der Waals surface area contributed by atoms with E-state index in [1.165, 1.54) is 0 Å². The van der Waals surface area contributed by atoms with Gasteiger partial charge in [0, 0.05) is 6.54 Å². The van der Waals surface area contributed by atoms with Gasteiger partial charge in [-0.1, -0.05) is 0 Å². The molecule has 1 rings (SSSR count). The zero-order chi connectivity index (χ0) is 9.52. The Labute approximate surface area is 78.6 Å². The Morgan fingerprint density at radius 1 is 1.38 bits per heavy atom. The fraction of sp³-hybridized carbons (Fsp3) is 0.556. The molecule has 0 atom stereocenters. The smallest absolute Gasteiger partial charge is 0.0769 e. The van der Waals surface area contributed by atoms with Crippen molar-refractivity contribution in [3.63, 3.8) is 0 Å². The number of nitrogens with two attached hydrogens (primary N) is 1. The van der Waals surface area contributed by atoms with E-state index < -0.39 is 0 Å². The first kappa shape index (κ1) is 10.1. The lowest BCUT2D eigenvalue weighted by Gasteiger charge is -2.02. The van der Waals surface area contributed by atoms with Gasteiger partial charge >= 0.3 is 0 Å². The molecule has 0 spiro atoms. The SMILES string of the molecule is Cc1ccc(CNCCCN)nn1. The van der Waals surface area contributed by atoms with Crippen LogP contribution in [0.5, 0.6) is 0 Å². The van der Waals surface area contributed by atoms with Crippen LogP contribution in [-0.4, -0.2) is 23.3 Å². The van der Waals surface area contributed by atoms with E-state index in [2.05, 4.69) is 15.5 Å². The molecule has 0 saturated carbocycles. The summed E-state index contributed by atoms with van der Waals surface area (Å²) in [7, 11) is 0. The molecule has 72 valence electrons. The Hall–Kier alpha value is -1.00. The van der Waals surface area contributed by atoms with Crippen molar-refractivity contribution >= 4 is 0 Å². The summed E-state index contributed by atoms with van der Waals surface area (Å²) in [5.74, 6) is 0. The van der Waals surface area contributed by atoms with Crippen molar-refractivity contribution < 1.29 is 0 Å². The van der Waals surface area contributed by atoms with Crippen molar-refractivity contribution in [2.75, 3.05) is 13.1 Å². The molecule has 0 aliphatic heterocycles. The van der Waals surface area contributed by atoms with E-state index in [1.54, 1.807) is 0 Å². The summed E-state index contributed by atoms with van der Waals surface area (Å²) in [5, 5.41) is 11.2. The average Bonchev–Trinajstić information content (AvgIpc) is 2.15. The molecule has 4 nitrogen and oxygen atoms in total. The second kappa shape index (κ2) is 5.61. The highest BCUT2D eigenvalue weighted by Crippen LogP contribution is 1.93. The number of hydrogen-bond donors (Lipinski definition) is 2. The van der Waals surface area contributed by atoms with Gasteiger partial charge in [0.1, 0.15) is 0 Å². The fourth-order valence-electron chi connectivity index (χ4n) is 0.964. The lowest BCUT2D eigenvalue weighted by Crippen LogP contribution is -2.18. The van der Waals surface area contributed by atoms with Gasteiger partial charge in [-0.2, -0.15) is 10.2 Å². The molecule has 3 N–H and O–H groups in total. The van der Waals surface area contributed by atoms with E-state index in [4.69, 9.17) is 5.73 Å². The summed E-state index contributed by atoms with van der Waals surface area (Å²) >= 11 is 0. The minimum atomic E-state index is 0.729. The lowest BCUT2D eigenvalue weighted by atomic mass is 10.3.